The SMILES string of the molecule is Cc1cc([N+](=O)[O-])nn1CCNC(=O)C(C)(C)n1cc(Br)cn1. The van der Waals surface area contributed by atoms with Crippen molar-refractivity contribution in [2.24, 2.45) is 0 Å². The Balaban J connectivity index is 1.95. The topological polar surface area (TPSA) is 108 Å². The molecule has 2 aromatic rings. The average molecular weight is 385 g/mol. The molecule has 0 aliphatic carbocycles. The van der Waals surface area contributed by atoms with E-state index in [-0.39, 0.29) is 11.7 Å². The zero-order valence-corrected chi connectivity index (χ0v) is 14.6. The Morgan fingerprint density at radius 1 is 1.52 bits per heavy atom. The fourth-order valence-electron chi connectivity index (χ4n) is 2.01. The van der Waals surface area contributed by atoms with Crippen LogP contribution in [0.15, 0.2) is 22.9 Å². The van der Waals surface area contributed by atoms with Crippen molar-refractivity contribution in [1.82, 2.24) is 24.9 Å². The van der Waals surface area contributed by atoms with E-state index in [2.05, 4.69) is 31.4 Å². The molecule has 0 aliphatic heterocycles. The van der Waals surface area contributed by atoms with Crippen molar-refractivity contribution in [1.29, 1.82) is 0 Å². The molecule has 0 unspecified atom stereocenters. The fraction of sp³-hybridized carbons (Fsp3) is 0.462. The third-order valence-corrected chi connectivity index (χ3v) is 3.85. The minimum absolute atomic E-state index is 0.199. The van der Waals surface area contributed by atoms with Crippen LogP contribution in [-0.4, -0.2) is 36.9 Å². The van der Waals surface area contributed by atoms with E-state index in [9.17, 15) is 14.9 Å². The Bertz CT molecular complexity index is 736. The largest absolute Gasteiger partial charge is 0.390 e. The van der Waals surface area contributed by atoms with Crippen LogP contribution in [0.4, 0.5) is 5.82 Å². The number of aryl methyl sites for hydroxylation is 1. The molecule has 2 heterocycles. The van der Waals surface area contributed by atoms with Crippen LogP contribution in [0.2, 0.25) is 0 Å². The second-order valence-electron chi connectivity index (χ2n) is 5.54. The number of hydrogen-bond acceptors (Lipinski definition) is 5. The molecule has 1 amide bonds. The minimum Gasteiger partial charge on any atom is -0.358 e. The second kappa shape index (κ2) is 6.49. The summed E-state index contributed by atoms with van der Waals surface area (Å²) in [4.78, 5) is 22.5. The molecule has 9 nitrogen and oxygen atoms in total. The van der Waals surface area contributed by atoms with Crippen LogP contribution in [0.25, 0.3) is 0 Å². The van der Waals surface area contributed by atoms with E-state index in [0.29, 0.717) is 18.8 Å². The van der Waals surface area contributed by atoms with Crippen LogP contribution in [0.3, 0.4) is 0 Å². The molecule has 124 valence electrons. The summed E-state index contributed by atoms with van der Waals surface area (Å²) in [6.45, 7) is 5.90. The van der Waals surface area contributed by atoms with Crippen molar-refractivity contribution in [2.45, 2.75) is 32.9 Å². The van der Waals surface area contributed by atoms with Gasteiger partial charge in [0.25, 0.3) is 0 Å². The molecule has 0 fully saturated rings. The summed E-state index contributed by atoms with van der Waals surface area (Å²) in [6, 6.07) is 1.40. The lowest BCUT2D eigenvalue weighted by Gasteiger charge is -2.24. The number of carbonyl (C=O) groups excluding carboxylic acids is 1. The first-order chi connectivity index (χ1) is 10.7. The Morgan fingerprint density at radius 2 is 2.22 bits per heavy atom. The van der Waals surface area contributed by atoms with Crippen molar-refractivity contribution in [2.75, 3.05) is 6.54 Å². The van der Waals surface area contributed by atoms with Gasteiger partial charge in [-0.15, -0.1) is 0 Å². The molecule has 1 N–H and O–H groups in total. The van der Waals surface area contributed by atoms with Gasteiger partial charge in [0.1, 0.15) is 5.54 Å². The Kier molecular flexibility index (Phi) is 4.83. The first-order valence-electron chi connectivity index (χ1n) is 6.89. The maximum atomic E-state index is 12.3. The number of nitrogens with one attached hydrogen (secondary N) is 1. The van der Waals surface area contributed by atoms with E-state index in [0.717, 1.165) is 4.47 Å². The zero-order chi connectivity index (χ0) is 17.2. The molecule has 0 bridgehead atoms. The van der Waals surface area contributed by atoms with Crippen LogP contribution >= 0.6 is 15.9 Å². The lowest BCUT2D eigenvalue weighted by atomic mass is 10.1. The lowest BCUT2D eigenvalue weighted by Crippen LogP contribution is -2.45. The average Bonchev–Trinajstić information content (AvgIpc) is 3.06. The number of hydrogen-bond donors (Lipinski definition) is 1. The standard InChI is InChI=1S/C13H17BrN6O3/c1-9-6-11(20(22)23)17-18(9)5-4-15-12(21)13(2,3)19-8-10(14)7-16-19/h6-8H,4-5H2,1-3H3,(H,15,21). The molecular weight excluding hydrogens is 368 g/mol. The molecular formula is C13H17BrN6O3. The molecule has 0 radical (unpaired) electrons. The van der Waals surface area contributed by atoms with Gasteiger partial charge in [-0.3, -0.25) is 9.48 Å². The monoisotopic (exact) mass is 384 g/mol. The highest BCUT2D eigenvalue weighted by molar-refractivity contribution is 9.10. The van der Waals surface area contributed by atoms with Crippen LogP contribution in [0, 0.1) is 17.0 Å². The van der Waals surface area contributed by atoms with Crippen molar-refractivity contribution < 1.29 is 9.72 Å². The van der Waals surface area contributed by atoms with Gasteiger partial charge < -0.3 is 15.4 Å². The minimum atomic E-state index is -0.850. The normalized spacial score (nSPS) is 11.5. The van der Waals surface area contributed by atoms with Gasteiger partial charge in [-0.05, 0) is 41.6 Å². The van der Waals surface area contributed by atoms with Gasteiger partial charge in [0, 0.05) is 12.7 Å². The maximum absolute atomic E-state index is 12.3. The van der Waals surface area contributed by atoms with Crippen LogP contribution in [0.1, 0.15) is 19.5 Å². The van der Waals surface area contributed by atoms with Gasteiger partial charge >= 0.3 is 5.82 Å². The van der Waals surface area contributed by atoms with Gasteiger partial charge in [0.2, 0.25) is 5.91 Å². The molecule has 0 spiro atoms. The predicted molar refractivity (Wildman–Crippen MR) is 85.9 cm³/mol. The van der Waals surface area contributed by atoms with Crippen LogP contribution in [-0.2, 0) is 16.9 Å². The van der Waals surface area contributed by atoms with Crippen molar-refractivity contribution in [3.8, 4) is 0 Å². The lowest BCUT2D eigenvalue weighted by molar-refractivity contribution is -0.389. The van der Waals surface area contributed by atoms with E-state index < -0.39 is 10.5 Å². The van der Waals surface area contributed by atoms with Crippen molar-refractivity contribution in [3.05, 3.63) is 38.7 Å². The van der Waals surface area contributed by atoms with Gasteiger partial charge in [-0.25, -0.2) is 0 Å². The second-order valence-corrected chi connectivity index (χ2v) is 6.46. The van der Waals surface area contributed by atoms with Gasteiger partial charge in [0.15, 0.2) is 0 Å². The fourth-order valence-corrected chi connectivity index (χ4v) is 2.30. The summed E-state index contributed by atoms with van der Waals surface area (Å²) in [7, 11) is 0. The van der Waals surface area contributed by atoms with Crippen molar-refractivity contribution >= 4 is 27.7 Å². The molecule has 0 saturated carbocycles. The number of halogens is 1. The quantitative estimate of drug-likeness (QED) is 0.601. The highest BCUT2D eigenvalue weighted by atomic mass is 79.9. The molecule has 0 aromatic carbocycles. The number of nitro groups is 1. The smallest absolute Gasteiger partial charge is 0.358 e. The van der Waals surface area contributed by atoms with E-state index in [1.165, 1.54) is 10.7 Å². The number of rotatable bonds is 6. The third kappa shape index (κ3) is 3.76. The Labute approximate surface area is 140 Å². The molecule has 0 atom stereocenters. The van der Waals surface area contributed by atoms with E-state index in [1.54, 1.807) is 37.8 Å². The summed E-state index contributed by atoms with van der Waals surface area (Å²) in [5, 5.41) is 21.5. The zero-order valence-electron chi connectivity index (χ0n) is 13.0. The van der Waals surface area contributed by atoms with Crippen LogP contribution < -0.4 is 5.32 Å². The van der Waals surface area contributed by atoms with Crippen molar-refractivity contribution in [3.63, 3.8) is 0 Å². The highest BCUT2D eigenvalue weighted by Crippen LogP contribution is 2.17. The first kappa shape index (κ1) is 17.1. The van der Waals surface area contributed by atoms with Gasteiger partial charge in [0.05, 0.1) is 34.1 Å². The molecule has 0 saturated heterocycles. The summed E-state index contributed by atoms with van der Waals surface area (Å²) in [5.41, 5.74) is -0.182. The molecule has 2 rings (SSSR count). The predicted octanol–water partition coefficient (Wildman–Crippen LogP) is 1.61. The summed E-state index contributed by atoms with van der Waals surface area (Å²) < 4.78 is 3.85. The number of aromatic nitrogens is 4. The third-order valence-electron chi connectivity index (χ3n) is 3.44. The number of carbonyl (C=O) groups is 1. The Hall–Kier alpha value is -2.23. The molecule has 2 aromatic heterocycles. The maximum Gasteiger partial charge on any atom is 0.390 e. The molecule has 10 heteroatoms. The van der Waals surface area contributed by atoms with E-state index >= 15 is 0 Å². The summed E-state index contributed by atoms with van der Waals surface area (Å²) in [6.07, 6.45) is 3.34. The van der Waals surface area contributed by atoms with Crippen LogP contribution in [0.5, 0.6) is 0 Å². The number of nitrogens with zero attached hydrogens (tertiary/aromatic N) is 5. The summed E-state index contributed by atoms with van der Waals surface area (Å²) in [5.74, 6) is -0.400. The summed E-state index contributed by atoms with van der Waals surface area (Å²) >= 11 is 3.30. The Morgan fingerprint density at radius 3 is 2.74 bits per heavy atom. The van der Waals surface area contributed by atoms with Gasteiger partial charge in [-0.1, -0.05) is 0 Å². The number of amides is 1. The highest BCUT2D eigenvalue weighted by Gasteiger charge is 2.30. The molecule has 0 aliphatic rings. The van der Waals surface area contributed by atoms with E-state index in [4.69, 9.17) is 0 Å². The first-order valence-corrected chi connectivity index (χ1v) is 7.69. The molecule has 23 heavy (non-hydrogen) atoms. The van der Waals surface area contributed by atoms with E-state index in [1.807, 2.05) is 0 Å². The van der Waals surface area contributed by atoms with Gasteiger partial charge in [-0.2, -0.15) is 9.78 Å².